The van der Waals surface area contributed by atoms with Gasteiger partial charge in [-0.3, -0.25) is 0 Å². The molecule has 0 spiro atoms. The van der Waals surface area contributed by atoms with Gasteiger partial charge < -0.3 is 4.42 Å². The Bertz CT molecular complexity index is 528. The molecule has 0 aromatic carbocycles. The van der Waals surface area contributed by atoms with E-state index in [1.54, 1.807) is 6.92 Å². The van der Waals surface area contributed by atoms with Crippen molar-refractivity contribution in [2.24, 2.45) is 0 Å². The highest BCUT2D eigenvalue weighted by molar-refractivity contribution is 7.99. The van der Waals surface area contributed by atoms with Crippen molar-refractivity contribution in [2.45, 2.75) is 31.0 Å². The molecule has 0 radical (unpaired) electrons. The minimum absolute atomic E-state index is 0.420. The van der Waals surface area contributed by atoms with Crippen LogP contribution in [0.5, 0.6) is 0 Å². The Hall–Kier alpha value is -1.14. The first-order valence-electron chi connectivity index (χ1n) is 4.55. The summed E-state index contributed by atoms with van der Waals surface area (Å²) < 4.78 is 5.25. The Morgan fingerprint density at radius 3 is 2.38 bits per heavy atom. The van der Waals surface area contributed by atoms with Crippen LogP contribution in [0, 0.1) is 20.8 Å². The number of aryl methyl sites for hydroxylation is 1. The molecule has 0 bridgehead atoms. The zero-order valence-corrected chi connectivity index (χ0v) is 10.6. The normalized spacial score (nSPS) is 10.8. The van der Waals surface area contributed by atoms with E-state index in [2.05, 4.69) is 20.4 Å². The number of halogens is 1. The van der Waals surface area contributed by atoms with Crippen molar-refractivity contribution >= 4 is 23.4 Å². The lowest BCUT2D eigenvalue weighted by Gasteiger charge is -2.04. The third-order valence-electron chi connectivity index (χ3n) is 2.11. The molecule has 0 aliphatic rings. The molecule has 0 aliphatic carbocycles. The van der Waals surface area contributed by atoms with Crippen LogP contribution in [-0.2, 0) is 0 Å². The third-order valence-corrected chi connectivity index (χ3v) is 3.39. The van der Waals surface area contributed by atoms with Gasteiger partial charge in [-0.15, -0.1) is 20.4 Å². The Balaban J connectivity index is 2.32. The average Bonchev–Trinajstić information content (AvgIpc) is 2.65. The topological polar surface area (TPSA) is 64.7 Å². The first kappa shape index (κ1) is 11.3. The number of aromatic nitrogens is 4. The van der Waals surface area contributed by atoms with E-state index in [0.717, 1.165) is 16.2 Å². The van der Waals surface area contributed by atoms with E-state index in [0.29, 0.717) is 16.3 Å². The molecule has 2 aromatic rings. The van der Waals surface area contributed by atoms with Crippen LogP contribution >= 0.6 is 23.4 Å². The maximum Gasteiger partial charge on any atom is 0.283 e. The Morgan fingerprint density at radius 1 is 1.00 bits per heavy atom. The van der Waals surface area contributed by atoms with Crippen LogP contribution in [0.15, 0.2) is 14.7 Å². The highest BCUT2D eigenvalue weighted by Gasteiger charge is 2.12. The standard InChI is InChI=1S/C9H9ClN4OS/c1-4-5(2)8(13-12-7(4)10)16-9-14-11-6(3)15-9/h1-3H3. The van der Waals surface area contributed by atoms with Crippen LogP contribution in [0.1, 0.15) is 17.0 Å². The second kappa shape index (κ2) is 4.39. The zero-order valence-electron chi connectivity index (χ0n) is 8.98. The molecule has 0 aliphatic heterocycles. The molecule has 2 aromatic heterocycles. The van der Waals surface area contributed by atoms with Gasteiger partial charge in [0.1, 0.15) is 5.03 Å². The van der Waals surface area contributed by atoms with Crippen LogP contribution in [0.2, 0.25) is 5.15 Å². The second-order valence-electron chi connectivity index (χ2n) is 3.24. The summed E-state index contributed by atoms with van der Waals surface area (Å²) >= 11 is 7.14. The fraction of sp³-hybridized carbons (Fsp3) is 0.333. The molecule has 0 fully saturated rings. The maximum atomic E-state index is 5.86. The summed E-state index contributed by atoms with van der Waals surface area (Å²) in [7, 11) is 0. The molecule has 0 saturated heterocycles. The molecular formula is C9H9ClN4OS. The Kier molecular flexibility index (Phi) is 3.11. The Labute approximate surface area is 102 Å². The highest BCUT2D eigenvalue weighted by atomic mass is 35.5. The summed E-state index contributed by atoms with van der Waals surface area (Å²) in [4.78, 5) is 0. The smallest absolute Gasteiger partial charge is 0.283 e. The predicted octanol–water partition coefficient (Wildman–Crippen LogP) is 2.59. The molecular weight excluding hydrogens is 248 g/mol. The molecule has 2 rings (SSSR count). The van der Waals surface area contributed by atoms with Crippen molar-refractivity contribution in [3.63, 3.8) is 0 Å². The third kappa shape index (κ3) is 2.17. The van der Waals surface area contributed by atoms with Gasteiger partial charge in [-0.05, 0) is 36.7 Å². The number of hydrogen-bond donors (Lipinski definition) is 0. The predicted molar refractivity (Wildman–Crippen MR) is 59.7 cm³/mol. The van der Waals surface area contributed by atoms with E-state index < -0.39 is 0 Å². The Morgan fingerprint density at radius 2 is 1.75 bits per heavy atom. The van der Waals surface area contributed by atoms with Crippen LogP contribution in [0.25, 0.3) is 0 Å². The quantitative estimate of drug-likeness (QED) is 0.823. The second-order valence-corrected chi connectivity index (χ2v) is 4.53. The van der Waals surface area contributed by atoms with Crippen molar-refractivity contribution in [2.75, 3.05) is 0 Å². The maximum absolute atomic E-state index is 5.86. The van der Waals surface area contributed by atoms with E-state index in [1.165, 1.54) is 11.8 Å². The summed E-state index contributed by atoms with van der Waals surface area (Å²) in [6.45, 7) is 5.57. The molecule has 2 heterocycles. The molecule has 0 unspecified atom stereocenters. The van der Waals surface area contributed by atoms with Crippen molar-refractivity contribution < 1.29 is 4.42 Å². The lowest BCUT2D eigenvalue weighted by molar-refractivity contribution is 0.429. The van der Waals surface area contributed by atoms with Gasteiger partial charge in [-0.2, -0.15) is 0 Å². The number of hydrogen-bond acceptors (Lipinski definition) is 6. The molecule has 5 nitrogen and oxygen atoms in total. The van der Waals surface area contributed by atoms with Gasteiger partial charge in [0.25, 0.3) is 5.22 Å². The number of rotatable bonds is 2. The zero-order chi connectivity index (χ0) is 11.7. The first-order chi connectivity index (χ1) is 7.58. The summed E-state index contributed by atoms with van der Waals surface area (Å²) in [5.74, 6) is 0.527. The van der Waals surface area contributed by atoms with Gasteiger partial charge in [-0.1, -0.05) is 11.6 Å². The van der Waals surface area contributed by atoms with E-state index in [1.807, 2.05) is 13.8 Å². The molecule has 0 N–H and O–H groups in total. The van der Waals surface area contributed by atoms with Crippen LogP contribution in [0.4, 0.5) is 0 Å². The minimum Gasteiger partial charge on any atom is -0.416 e. The molecule has 84 valence electrons. The van der Waals surface area contributed by atoms with Crippen molar-refractivity contribution in [1.82, 2.24) is 20.4 Å². The van der Waals surface area contributed by atoms with Crippen LogP contribution in [0.3, 0.4) is 0 Å². The molecule has 0 saturated carbocycles. The van der Waals surface area contributed by atoms with Gasteiger partial charge >= 0.3 is 0 Å². The fourth-order valence-corrected chi connectivity index (χ4v) is 2.03. The van der Waals surface area contributed by atoms with Gasteiger partial charge in [0.05, 0.1) is 0 Å². The van der Waals surface area contributed by atoms with E-state index in [9.17, 15) is 0 Å². The molecule has 7 heteroatoms. The summed E-state index contributed by atoms with van der Waals surface area (Å²) in [6, 6.07) is 0. The lowest BCUT2D eigenvalue weighted by atomic mass is 10.2. The van der Waals surface area contributed by atoms with E-state index in [-0.39, 0.29) is 0 Å². The van der Waals surface area contributed by atoms with Crippen LogP contribution in [-0.4, -0.2) is 20.4 Å². The van der Waals surface area contributed by atoms with Gasteiger partial charge in [-0.25, -0.2) is 0 Å². The van der Waals surface area contributed by atoms with Gasteiger partial charge in [0.15, 0.2) is 5.15 Å². The minimum atomic E-state index is 0.420. The van der Waals surface area contributed by atoms with Crippen molar-refractivity contribution in [1.29, 1.82) is 0 Å². The van der Waals surface area contributed by atoms with E-state index in [4.69, 9.17) is 16.0 Å². The average molecular weight is 257 g/mol. The number of nitrogens with zero attached hydrogens (tertiary/aromatic N) is 4. The van der Waals surface area contributed by atoms with Crippen molar-refractivity contribution in [3.8, 4) is 0 Å². The lowest BCUT2D eigenvalue weighted by Crippen LogP contribution is -1.95. The summed E-state index contributed by atoms with van der Waals surface area (Å²) in [5, 5.41) is 17.1. The highest BCUT2D eigenvalue weighted by Crippen LogP contribution is 2.29. The van der Waals surface area contributed by atoms with Crippen LogP contribution < -0.4 is 0 Å². The van der Waals surface area contributed by atoms with Gasteiger partial charge in [0.2, 0.25) is 5.89 Å². The molecule has 16 heavy (non-hydrogen) atoms. The monoisotopic (exact) mass is 256 g/mol. The van der Waals surface area contributed by atoms with Crippen molar-refractivity contribution in [3.05, 3.63) is 22.2 Å². The summed E-state index contributed by atoms with van der Waals surface area (Å²) in [5.41, 5.74) is 1.89. The first-order valence-corrected chi connectivity index (χ1v) is 5.74. The van der Waals surface area contributed by atoms with E-state index >= 15 is 0 Å². The fourth-order valence-electron chi connectivity index (χ4n) is 1.05. The largest absolute Gasteiger partial charge is 0.416 e. The molecule has 0 atom stereocenters. The SMILES string of the molecule is Cc1nnc(Sc2nnc(Cl)c(C)c2C)o1. The molecule has 0 amide bonds. The summed E-state index contributed by atoms with van der Waals surface area (Å²) in [6.07, 6.45) is 0. The van der Waals surface area contributed by atoms with Gasteiger partial charge in [0, 0.05) is 6.92 Å².